The highest BCUT2D eigenvalue weighted by molar-refractivity contribution is 6.01. The van der Waals surface area contributed by atoms with Crippen LogP contribution in [-0.2, 0) is 28.9 Å². The first-order valence-corrected chi connectivity index (χ1v) is 15.2. The zero-order valence-electron chi connectivity index (χ0n) is 25.7. The quantitative estimate of drug-likeness (QED) is 0.0714. The molecule has 1 aliphatic heterocycles. The Balaban J connectivity index is 1.53. The van der Waals surface area contributed by atoms with Crippen LogP contribution in [0, 0.1) is 0 Å². The van der Waals surface area contributed by atoms with Crippen LogP contribution in [0.15, 0.2) is 113 Å². The van der Waals surface area contributed by atoms with Gasteiger partial charge in [-0.05, 0) is 70.6 Å². The Morgan fingerprint density at radius 2 is 1.76 bits per heavy atom. The van der Waals surface area contributed by atoms with E-state index < -0.39 is 11.6 Å². The van der Waals surface area contributed by atoms with Crippen molar-refractivity contribution in [2.24, 2.45) is 10.1 Å². The molecule has 0 saturated heterocycles. The number of aliphatic hydroxyl groups excluding tert-OH is 1. The lowest BCUT2D eigenvalue weighted by Gasteiger charge is -2.31. The number of aliphatic imine (C=N–C) groups is 1. The van der Waals surface area contributed by atoms with Crippen LogP contribution in [0.1, 0.15) is 40.3 Å². The second kappa shape index (κ2) is 15.6. The molecular formula is C36H37N5O5. The van der Waals surface area contributed by atoms with Gasteiger partial charge in [0.25, 0.3) is 5.91 Å². The number of benzene rings is 4. The molecule has 0 aromatic heterocycles. The Morgan fingerprint density at radius 1 is 1.00 bits per heavy atom. The molecule has 10 nitrogen and oxygen atoms in total. The Morgan fingerprint density at radius 3 is 2.50 bits per heavy atom. The molecule has 1 amide bonds. The van der Waals surface area contributed by atoms with Gasteiger partial charge in [0.2, 0.25) is 5.90 Å². The number of hydrogen-bond donors (Lipinski definition) is 2. The van der Waals surface area contributed by atoms with E-state index in [0.29, 0.717) is 43.2 Å². The van der Waals surface area contributed by atoms with Gasteiger partial charge in [-0.15, -0.1) is 0 Å². The number of aliphatic hydroxyl groups is 1. The van der Waals surface area contributed by atoms with E-state index in [-0.39, 0.29) is 25.5 Å². The summed E-state index contributed by atoms with van der Waals surface area (Å²) in [4.78, 5) is 22.6. The number of hydrogen-bond acceptors (Lipinski definition) is 7. The molecule has 5 rings (SSSR count). The Labute approximate surface area is 268 Å². The third kappa shape index (κ3) is 7.66. The molecule has 10 heteroatoms. The number of nitrogens with one attached hydrogen (secondary N) is 1. The predicted octanol–water partition coefficient (Wildman–Crippen LogP) is 6.13. The van der Waals surface area contributed by atoms with Gasteiger partial charge in [0.1, 0.15) is 11.5 Å². The fourth-order valence-electron chi connectivity index (χ4n) is 5.49. The molecule has 236 valence electrons. The van der Waals surface area contributed by atoms with E-state index in [9.17, 15) is 4.79 Å². The van der Waals surface area contributed by atoms with Crippen LogP contribution in [-0.4, -0.2) is 49.3 Å². The van der Waals surface area contributed by atoms with Crippen molar-refractivity contribution in [2.45, 2.75) is 37.5 Å². The van der Waals surface area contributed by atoms with E-state index in [1.54, 1.807) is 7.11 Å². The van der Waals surface area contributed by atoms with E-state index in [1.165, 1.54) is 0 Å². The summed E-state index contributed by atoms with van der Waals surface area (Å²) >= 11 is 0. The van der Waals surface area contributed by atoms with Crippen LogP contribution >= 0.6 is 0 Å². The van der Waals surface area contributed by atoms with Gasteiger partial charge in [0.15, 0.2) is 11.6 Å². The van der Waals surface area contributed by atoms with Gasteiger partial charge in [-0.2, -0.15) is 0 Å². The summed E-state index contributed by atoms with van der Waals surface area (Å²) in [6.45, 7) is 0.975. The van der Waals surface area contributed by atoms with E-state index in [2.05, 4.69) is 15.3 Å². The summed E-state index contributed by atoms with van der Waals surface area (Å²) in [5, 5.41) is 16.0. The molecule has 2 atom stereocenters. The van der Waals surface area contributed by atoms with Crippen LogP contribution < -0.4 is 14.8 Å². The molecule has 0 aliphatic carbocycles. The number of carbonyl (C=O) groups is 1. The van der Waals surface area contributed by atoms with E-state index >= 15 is 0 Å². The van der Waals surface area contributed by atoms with Crippen LogP contribution in [0.4, 0.5) is 0 Å². The molecule has 0 unspecified atom stereocenters. The molecule has 0 fully saturated rings. The minimum Gasteiger partial charge on any atom is -0.497 e. The molecule has 0 bridgehead atoms. The highest BCUT2D eigenvalue weighted by atomic mass is 16.5. The summed E-state index contributed by atoms with van der Waals surface area (Å²) in [5.74, 6) is 1.47. The molecule has 0 radical (unpaired) electrons. The highest BCUT2D eigenvalue weighted by Crippen LogP contribution is 2.43. The molecule has 1 aliphatic rings. The smallest absolute Gasteiger partial charge is 0.252 e. The zero-order chi connectivity index (χ0) is 32.2. The molecule has 2 N–H and O–H groups in total. The number of nitrogens with zero attached hydrogens (tertiary/aromatic N) is 4. The van der Waals surface area contributed by atoms with E-state index in [1.807, 2.05) is 103 Å². The van der Waals surface area contributed by atoms with Crippen molar-refractivity contribution in [3.63, 3.8) is 0 Å². The van der Waals surface area contributed by atoms with Gasteiger partial charge in [0, 0.05) is 36.5 Å². The van der Waals surface area contributed by atoms with Crippen molar-refractivity contribution >= 4 is 11.8 Å². The van der Waals surface area contributed by atoms with Crippen molar-refractivity contribution in [3.05, 3.63) is 141 Å². The molecule has 4 aromatic carbocycles. The first kappa shape index (κ1) is 32.1. The second-order valence-corrected chi connectivity index (χ2v) is 10.9. The van der Waals surface area contributed by atoms with Crippen LogP contribution in [0.5, 0.6) is 11.5 Å². The average Bonchev–Trinajstić information content (AvgIpc) is 3.49. The van der Waals surface area contributed by atoms with Gasteiger partial charge >= 0.3 is 0 Å². The topological polar surface area (TPSA) is 138 Å². The fraction of sp³-hybridized carbons (Fsp3) is 0.278. The highest BCUT2D eigenvalue weighted by Gasteiger charge is 2.53. The number of ether oxygens (including phenoxy) is 3. The number of methoxy groups -OCH3 is 1. The maximum atomic E-state index is 14.5. The van der Waals surface area contributed by atoms with Gasteiger partial charge in [0.05, 0.1) is 20.3 Å². The van der Waals surface area contributed by atoms with Crippen LogP contribution in [0.3, 0.4) is 0 Å². The van der Waals surface area contributed by atoms with Gasteiger partial charge in [-0.25, -0.2) is 4.99 Å². The maximum absolute atomic E-state index is 14.5. The standard InChI is InChI=1S/C36H37N5O5/c1-44-32-14-7-9-26(23-32)19-20-38-35(43)36(24-29-12-5-6-13-30(29)25-39-41-37)33(27-10-3-2-4-11-27)46-34(40-36)28-15-17-31(18-16-28)45-22-8-21-42/h2-7,9-18,23,33,42H,8,19-22,24-25H2,1H3,(H,38,43)/t33-,36-/m1/s1. The van der Waals surface area contributed by atoms with Crippen molar-refractivity contribution in [1.29, 1.82) is 0 Å². The second-order valence-electron chi connectivity index (χ2n) is 10.9. The number of rotatable bonds is 15. The molecule has 1 heterocycles. The molecule has 0 spiro atoms. The fourth-order valence-corrected chi connectivity index (χ4v) is 5.49. The average molecular weight is 620 g/mol. The van der Waals surface area contributed by atoms with Crippen molar-refractivity contribution in [3.8, 4) is 11.5 Å². The molecule has 4 aromatic rings. The van der Waals surface area contributed by atoms with Gasteiger partial charge in [-0.1, -0.05) is 71.8 Å². The minimum absolute atomic E-state index is 0.0548. The zero-order valence-corrected chi connectivity index (χ0v) is 25.7. The number of carbonyl (C=O) groups excluding carboxylic acids is 1. The molecule has 0 saturated carbocycles. The monoisotopic (exact) mass is 619 g/mol. The lowest BCUT2D eigenvalue weighted by molar-refractivity contribution is -0.128. The predicted molar refractivity (Wildman–Crippen MR) is 176 cm³/mol. The summed E-state index contributed by atoms with van der Waals surface area (Å²) in [6.07, 6.45) is 0.596. The Bertz CT molecular complexity index is 1690. The maximum Gasteiger partial charge on any atom is 0.252 e. The lowest BCUT2D eigenvalue weighted by atomic mass is 9.81. The van der Waals surface area contributed by atoms with E-state index in [0.717, 1.165) is 28.0 Å². The minimum atomic E-state index is -1.38. The van der Waals surface area contributed by atoms with Gasteiger partial charge < -0.3 is 24.6 Å². The number of azide groups is 1. The van der Waals surface area contributed by atoms with Gasteiger partial charge in [-0.3, -0.25) is 4.79 Å². The first-order chi connectivity index (χ1) is 22.6. The third-order valence-corrected chi connectivity index (χ3v) is 7.85. The van der Waals surface area contributed by atoms with Crippen LogP contribution in [0.25, 0.3) is 10.4 Å². The first-order valence-electron chi connectivity index (χ1n) is 15.2. The normalized spacial score (nSPS) is 16.9. The summed E-state index contributed by atoms with van der Waals surface area (Å²) in [6, 6.07) is 32.3. The van der Waals surface area contributed by atoms with Crippen LogP contribution in [0.2, 0.25) is 0 Å². The number of amides is 1. The van der Waals surface area contributed by atoms with Crippen molar-refractivity contribution in [2.75, 3.05) is 26.9 Å². The Kier molecular flexibility index (Phi) is 10.9. The van der Waals surface area contributed by atoms with Crippen molar-refractivity contribution in [1.82, 2.24) is 5.32 Å². The summed E-state index contributed by atoms with van der Waals surface area (Å²) in [5.41, 5.74) is 11.8. The molecule has 46 heavy (non-hydrogen) atoms. The Hall–Kier alpha value is -5.31. The van der Waals surface area contributed by atoms with Crippen molar-refractivity contribution < 1.29 is 24.1 Å². The summed E-state index contributed by atoms with van der Waals surface area (Å²) < 4.78 is 17.7. The largest absolute Gasteiger partial charge is 0.497 e. The molecular weight excluding hydrogens is 582 g/mol. The lowest BCUT2D eigenvalue weighted by Crippen LogP contribution is -2.50. The SMILES string of the molecule is COc1cccc(CCNC(=O)[C@]2(Cc3ccccc3CN=[N+]=[N-])N=C(c3ccc(OCCCO)cc3)O[C@@H]2c2ccccc2)c1. The third-order valence-electron chi connectivity index (χ3n) is 7.85. The summed E-state index contributed by atoms with van der Waals surface area (Å²) in [7, 11) is 1.63. The van der Waals surface area contributed by atoms with E-state index in [4.69, 9.17) is 29.8 Å².